The summed E-state index contributed by atoms with van der Waals surface area (Å²) in [7, 11) is 0. The van der Waals surface area contributed by atoms with Crippen molar-refractivity contribution in [2.24, 2.45) is 0 Å². The summed E-state index contributed by atoms with van der Waals surface area (Å²) in [6, 6.07) is 64.1. The van der Waals surface area contributed by atoms with Crippen molar-refractivity contribution < 1.29 is 13.9 Å². The van der Waals surface area contributed by atoms with Crippen LogP contribution in [0.5, 0.6) is 23.0 Å². The molecule has 0 bridgehead atoms. The van der Waals surface area contributed by atoms with Crippen LogP contribution in [-0.2, 0) is 10.8 Å². The van der Waals surface area contributed by atoms with Crippen LogP contribution in [0.4, 0.5) is 28.4 Å². The second kappa shape index (κ2) is 14.8. The molecule has 5 nitrogen and oxygen atoms in total. The summed E-state index contributed by atoms with van der Waals surface area (Å²) in [6.07, 6.45) is 2.27. The van der Waals surface area contributed by atoms with Crippen molar-refractivity contribution in [2.45, 2.75) is 65.2 Å². The summed E-state index contributed by atoms with van der Waals surface area (Å²) in [5, 5.41) is 2.20. The summed E-state index contributed by atoms with van der Waals surface area (Å²) in [4.78, 5) is 5.16. The van der Waals surface area contributed by atoms with Crippen LogP contribution in [0.2, 0.25) is 0 Å². The minimum absolute atomic E-state index is 0.0109. The van der Waals surface area contributed by atoms with Gasteiger partial charge in [0.1, 0.15) is 11.2 Å². The number of para-hydroxylation sites is 4. The summed E-state index contributed by atoms with van der Waals surface area (Å²) >= 11 is 0. The lowest BCUT2D eigenvalue weighted by Crippen LogP contribution is -2.61. The van der Waals surface area contributed by atoms with Crippen molar-refractivity contribution in [3.05, 3.63) is 198 Å². The Hall–Kier alpha value is -7.96. The third kappa shape index (κ3) is 5.98. The molecule has 0 atom stereocenters. The number of aryl methyl sites for hydroxylation is 2. The van der Waals surface area contributed by atoms with Gasteiger partial charge in [-0.05, 0) is 148 Å². The molecule has 0 saturated heterocycles. The number of benzene rings is 9. The second-order valence-corrected chi connectivity index (χ2v) is 21.2. The number of ether oxygens (including phenoxy) is 2. The molecule has 4 heterocycles. The molecule has 0 amide bonds. The highest BCUT2D eigenvalue weighted by molar-refractivity contribution is 6.93. The van der Waals surface area contributed by atoms with Gasteiger partial charge in [0.25, 0.3) is 0 Å². The van der Waals surface area contributed by atoms with Crippen molar-refractivity contribution in [1.82, 2.24) is 0 Å². The lowest BCUT2D eigenvalue weighted by Gasteiger charge is -2.47. The first-order valence-electron chi connectivity index (χ1n) is 24.7. The fourth-order valence-electron chi connectivity index (χ4n) is 12.3. The third-order valence-corrected chi connectivity index (χ3v) is 16.0. The van der Waals surface area contributed by atoms with E-state index in [-0.39, 0.29) is 17.7 Å². The molecule has 0 N–H and O–H groups in total. The zero-order valence-corrected chi connectivity index (χ0v) is 40.4. The van der Waals surface area contributed by atoms with Crippen LogP contribution in [0.25, 0.3) is 55.3 Å². The third-order valence-electron chi connectivity index (χ3n) is 16.0. The van der Waals surface area contributed by atoms with Gasteiger partial charge in [-0.1, -0.05) is 137 Å². The van der Waals surface area contributed by atoms with Crippen LogP contribution in [0.1, 0.15) is 62.8 Å². The Morgan fingerprint density at radius 1 is 0.429 bits per heavy atom. The van der Waals surface area contributed by atoms with E-state index in [2.05, 4.69) is 203 Å². The maximum absolute atomic E-state index is 6.87. The number of hydrogen-bond donors (Lipinski definition) is 0. The Morgan fingerprint density at radius 2 is 1.09 bits per heavy atom. The zero-order chi connectivity index (χ0) is 47.2. The number of nitrogens with zero attached hydrogens (tertiary/aromatic N) is 2. The van der Waals surface area contributed by atoms with E-state index < -0.39 is 0 Å². The maximum atomic E-state index is 6.87. The molecule has 14 rings (SSSR count). The number of anilines is 5. The maximum Gasteiger partial charge on any atom is 0.333 e. The molecule has 10 aromatic rings. The van der Waals surface area contributed by atoms with Crippen LogP contribution < -0.4 is 30.1 Å². The molecule has 0 radical (unpaired) electrons. The molecule has 4 aliphatic rings. The van der Waals surface area contributed by atoms with Crippen LogP contribution >= 0.6 is 0 Å². The van der Waals surface area contributed by atoms with Gasteiger partial charge in [0.15, 0.2) is 23.0 Å². The predicted octanol–water partition coefficient (Wildman–Crippen LogP) is 16.5. The van der Waals surface area contributed by atoms with Gasteiger partial charge >= 0.3 is 6.85 Å². The van der Waals surface area contributed by atoms with Gasteiger partial charge in [0, 0.05) is 62.5 Å². The van der Waals surface area contributed by atoms with E-state index in [1.165, 1.54) is 50.1 Å². The number of hydrogen-bond acceptors (Lipinski definition) is 5. The molecule has 0 spiro atoms. The molecule has 1 aliphatic carbocycles. The highest BCUT2D eigenvalue weighted by Gasteiger charge is 2.48. The fourth-order valence-corrected chi connectivity index (χ4v) is 12.3. The van der Waals surface area contributed by atoms with Crippen LogP contribution in [-0.4, -0.2) is 6.85 Å². The smallest absolute Gasteiger partial charge is 0.333 e. The first-order chi connectivity index (χ1) is 34.0. The second-order valence-electron chi connectivity index (χ2n) is 21.2. The standard InChI is InChI=1S/C64H51BN2O3/c1-38-18-10-11-21-42(38)41-31-47-45-33-46-44-23-13-15-25-56(44)68-59(46)36-53(45)67(51-24-14-12-22-43(51)40-19-8-7-9-20-40)65-50-35-60-61(70-58-27-17-16-26-57(58)69-60)37-54(50)66(55(32-41)62(47)65)52-34-49-48(30-39(52)2)63(3,4)28-29-64(49,5)6/h7-27,30-37H,28-29H2,1-6H3. The highest BCUT2D eigenvalue weighted by Crippen LogP contribution is 2.56. The van der Waals surface area contributed by atoms with Crippen LogP contribution in [0.3, 0.4) is 0 Å². The van der Waals surface area contributed by atoms with Gasteiger partial charge in [0.05, 0.1) is 0 Å². The van der Waals surface area contributed by atoms with Gasteiger partial charge < -0.3 is 23.6 Å². The van der Waals surface area contributed by atoms with E-state index in [0.29, 0.717) is 23.0 Å². The molecule has 0 saturated carbocycles. The monoisotopic (exact) mass is 906 g/mol. The van der Waals surface area contributed by atoms with Crippen LogP contribution in [0.15, 0.2) is 180 Å². The summed E-state index contributed by atoms with van der Waals surface area (Å²) < 4.78 is 20.5. The minimum atomic E-state index is -0.305. The molecule has 0 unspecified atom stereocenters. The molecule has 1 aromatic heterocycles. The zero-order valence-electron chi connectivity index (χ0n) is 40.4. The highest BCUT2D eigenvalue weighted by atomic mass is 16.6. The van der Waals surface area contributed by atoms with Crippen molar-refractivity contribution in [2.75, 3.05) is 9.71 Å². The summed E-state index contributed by atoms with van der Waals surface area (Å²) in [6.45, 7) is 13.9. The predicted molar refractivity (Wildman–Crippen MR) is 290 cm³/mol. The first-order valence-corrected chi connectivity index (χ1v) is 24.7. The Labute approximate surface area is 409 Å². The topological polar surface area (TPSA) is 38.1 Å². The van der Waals surface area contributed by atoms with E-state index >= 15 is 0 Å². The van der Waals surface area contributed by atoms with Crippen molar-refractivity contribution in [3.63, 3.8) is 0 Å². The van der Waals surface area contributed by atoms with Crippen molar-refractivity contribution in [1.29, 1.82) is 0 Å². The van der Waals surface area contributed by atoms with E-state index in [0.717, 1.165) is 79.7 Å². The number of furan rings is 1. The Morgan fingerprint density at radius 3 is 1.86 bits per heavy atom. The van der Waals surface area contributed by atoms with Gasteiger partial charge in [-0.15, -0.1) is 0 Å². The Kier molecular flexibility index (Phi) is 8.67. The Bertz CT molecular complexity index is 3850. The summed E-state index contributed by atoms with van der Waals surface area (Å²) in [5.41, 5.74) is 22.0. The van der Waals surface area contributed by atoms with E-state index in [1.54, 1.807) is 0 Å². The molecule has 9 aromatic carbocycles. The normalized spacial score (nSPS) is 15.5. The van der Waals surface area contributed by atoms with Gasteiger partial charge in [0.2, 0.25) is 0 Å². The quantitative estimate of drug-likeness (QED) is 0.165. The summed E-state index contributed by atoms with van der Waals surface area (Å²) in [5.74, 6) is 2.79. The molecule has 6 heteroatoms. The first kappa shape index (κ1) is 41.1. The molecule has 338 valence electrons. The molecule has 3 aliphatic heterocycles. The minimum Gasteiger partial charge on any atom is -0.456 e. The molecular weight excluding hydrogens is 856 g/mol. The lowest BCUT2D eigenvalue weighted by molar-refractivity contribution is 0.332. The average molecular weight is 907 g/mol. The van der Waals surface area contributed by atoms with Crippen LogP contribution in [0, 0.1) is 13.8 Å². The van der Waals surface area contributed by atoms with Gasteiger partial charge in [-0.25, -0.2) is 0 Å². The lowest BCUT2D eigenvalue weighted by atomic mass is 9.43. The van der Waals surface area contributed by atoms with E-state index in [4.69, 9.17) is 13.9 Å². The Balaban J connectivity index is 1.15. The average Bonchev–Trinajstić information content (AvgIpc) is 3.74. The van der Waals surface area contributed by atoms with E-state index in [9.17, 15) is 0 Å². The molecule has 70 heavy (non-hydrogen) atoms. The van der Waals surface area contributed by atoms with Gasteiger partial charge in [-0.2, -0.15) is 0 Å². The van der Waals surface area contributed by atoms with E-state index in [1.807, 2.05) is 24.3 Å². The number of rotatable bonds is 4. The van der Waals surface area contributed by atoms with Gasteiger partial charge in [-0.3, -0.25) is 0 Å². The number of fused-ring (bicyclic) bond motifs is 10. The fraction of sp³-hybridized carbons (Fsp3) is 0.156. The largest absolute Gasteiger partial charge is 0.456 e. The van der Waals surface area contributed by atoms with Crippen molar-refractivity contribution in [3.8, 4) is 56.4 Å². The molecule has 0 fully saturated rings. The SMILES string of the molecule is Cc1ccccc1-c1cc2c3c(c1)N(c1cc4c(cc1C)C(C)(C)CCC4(C)C)c1cc4c(cc1B3N(c1ccccc1-c1ccccc1)c1cc3oc5ccccc5c3cc1-2)Oc1ccccc1O4. The van der Waals surface area contributed by atoms with Crippen molar-refractivity contribution >= 4 is 68.1 Å². The molecular formula is C64H51BN2O3.